The van der Waals surface area contributed by atoms with Crippen molar-refractivity contribution in [1.29, 1.82) is 0 Å². The molecular formula is C20H29N3O2. The Morgan fingerprint density at radius 3 is 2.52 bits per heavy atom. The van der Waals surface area contributed by atoms with E-state index in [1.807, 2.05) is 19.2 Å². The van der Waals surface area contributed by atoms with Gasteiger partial charge in [-0.1, -0.05) is 13.3 Å². The van der Waals surface area contributed by atoms with Crippen LogP contribution in [0.2, 0.25) is 0 Å². The summed E-state index contributed by atoms with van der Waals surface area (Å²) in [5, 5.41) is 0. The highest BCUT2D eigenvalue weighted by Gasteiger charge is 2.54. The van der Waals surface area contributed by atoms with E-state index in [-0.39, 0.29) is 5.60 Å². The molecule has 0 aromatic carbocycles. The SMILES string of the molecule is CO[C@@]1(c2ccnc(C(N)=O)c2)[C@@H]2CCC[C@H]1CN([C@H]1CC[C@@H]1C)C2. The van der Waals surface area contributed by atoms with Gasteiger partial charge in [-0.3, -0.25) is 14.7 Å². The Balaban J connectivity index is 1.69. The van der Waals surface area contributed by atoms with Crippen LogP contribution < -0.4 is 5.73 Å². The molecule has 1 saturated heterocycles. The number of ether oxygens (including phenoxy) is 1. The number of hydrogen-bond donors (Lipinski definition) is 1. The van der Waals surface area contributed by atoms with Crippen LogP contribution in [0.5, 0.6) is 0 Å². The van der Waals surface area contributed by atoms with Crippen LogP contribution in [0, 0.1) is 17.8 Å². The molecule has 3 aliphatic rings. The summed E-state index contributed by atoms with van der Waals surface area (Å²) in [6.07, 6.45) is 8.01. The lowest BCUT2D eigenvalue weighted by Gasteiger charge is -2.58. The van der Waals surface area contributed by atoms with E-state index in [4.69, 9.17) is 10.5 Å². The van der Waals surface area contributed by atoms with E-state index in [0.717, 1.165) is 30.6 Å². The maximum absolute atomic E-state index is 11.6. The number of hydrogen-bond acceptors (Lipinski definition) is 4. The third-order valence-electron chi connectivity index (χ3n) is 7.07. The molecule has 2 aliphatic carbocycles. The van der Waals surface area contributed by atoms with Gasteiger partial charge in [0.05, 0.1) is 0 Å². The van der Waals surface area contributed by atoms with Crippen LogP contribution in [0.15, 0.2) is 18.3 Å². The van der Waals surface area contributed by atoms with Crippen molar-refractivity contribution in [2.45, 2.75) is 50.7 Å². The zero-order chi connectivity index (χ0) is 17.6. The molecule has 2 heterocycles. The fourth-order valence-corrected chi connectivity index (χ4v) is 5.66. The number of nitrogens with two attached hydrogens (primary N) is 1. The Bertz CT molecular complexity index is 648. The third-order valence-corrected chi connectivity index (χ3v) is 7.07. The molecule has 0 radical (unpaired) electrons. The largest absolute Gasteiger partial charge is 0.373 e. The van der Waals surface area contributed by atoms with E-state index < -0.39 is 5.91 Å². The summed E-state index contributed by atoms with van der Waals surface area (Å²) in [7, 11) is 1.83. The number of aromatic nitrogens is 1. The standard InChI is InChI=1S/C20H29N3O2/c1-13-6-7-18(13)23-11-15-4-3-5-16(12-23)20(15,25-2)14-8-9-22-17(10-14)19(21)24/h8-10,13,15-16,18H,3-7,11-12H2,1-2H3,(H2,21,24)/t13-,15-,16+,18-,20+/m0/s1. The number of amides is 1. The average Bonchev–Trinajstić information content (AvgIpc) is 2.59. The zero-order valence-electron chi connectivity index (χ0n) is 15.3. The lowest BCUT2D eigenvalue weighted by Crippen LogP contribution is -2.62. The molecule has 2 N–H and O–H groups in total. The van der Waals surface area contributed by atoms with Crippen LogP contribution in [0.4, 0.5) is 0 Å². The Morgan fingerprint density at radius 1 is 1.28 bits per heavy atom. The average molecular weight is 343 g/mol. The van der Waals surface area contributed by atoms with Gasteiger partial charge in [-0.25, -0.2) is 0 Å². The molecular weight excluding hydrogens is 314 g/mol. The van der Waals surface area contributed by atoms with E-state index in [2.05, 4.69) is 16.8 Å². The van der Waals surface area contributed by atoms with Crippen LogP contribution >= 0.6 is 0 Å². The topological polar surface area (TPSA) is 68.5 Å². The van der Waals surface area contributed by atoms with Crippen molar-refractivity contribution in [2.24, 2.45) is 23.5 Å². The molecule has 0 spiro atoms. The summed E-state index contributed by atoms with van der Waals surface area (Å²) in [5.41, 5.74) is 6.57. The zero-order valence-corrected chi connectivity index (χ0v) is 15.3. The van der Waals surface area contributed by atoms with E-state index in [1.165, 1.54) is 32.1 Å². The summed E-state index contributed by atoms with van der Waals surface area (Å²) >= 11 is 0. The van der Waals surface area contributed by atoms with Crippen molar-refractivity contribution in [3.63, 3.8) is 0 Å². The molecule has 5 heteroatoms. The molecule has 4 rings (SSSR count). The molecule has 1 aromatic heterocycles. The van der Waals surface area contributed by atoms with Crippen molar-refractivity contribution in [3.8, 4) is 0 Å². The van der Waals surface area contributed by atoms with Gasteiger partial charge >= 0.3 is 0 Å². The van der Waals surface area contributed by atoms with Gasteiger partial charge < -0.3 is 10.5 Å². The van der Waals surface area contributed by atoms with Crippen LogP contribution in [-0.4, -0.2) is 42.0 Å². The second kappa shape index (κ2) is 6.36. The Kier molecular flexibility index (Phi) is 4.32. The van der Waals surface area contributed by atoms with Crippen LogP contribution in [0.3, 0.4) is 0 Å². The van der Waals surface area contributed by atoms with Gasteiger partial charge in [0.25, 0.3) is 5.91 Å². The second-order valence-corrected chi connectivity index (χ2v) is 8.19. The van der Waals surface area contributed by atoms with Gasteiger partial charge in [-0.05, 0) is 49.3 Å². The van der Waals surface area contributed by atoms with Gasteiger partial charge in [0.1, 0.15) is 11.3 Å². The minimum atomic E-state index is -0.473. The first kappa shape index (κ1) is 17.0. The number of carbonyl (C=O) groups is 1. The van der Waals surface area contributed by atoms with Crippen LogP contribution in [0.1, 0.15) is 55.1 Å². The second-order valence-electron chi connectivity index (χ2n) is 8.19. The van der Waals surface area contributed by atoms with Crippen LogP contribution in [0.25, 0.3) is 0 Å². The lowest BCUT2D eigenvalue weighted by molar-refractivity contribution is -0.181. The Morgan fingerprint density at radius 2 is 2.00 bits per heavy atom. The quantitative estimate of drug-likeness (QED) is 0.912. The predicted octanol–water partition coefficient (Wildman–Crippen LogP) is 2.55. The highest BCUT2D eigenvalue weighted by atomic mass is 16.5. The van der Waals surface area contributed by atoms with E-state index in [0.29, 0.717) is 17.5 Å². The number of rotatable bonds is 4. The summed E-state index contributed by atoms with van der Waals surface area (Å²) < 4.78 is 6.27. The van der Waals surface area contributed by atoms with Crippen molar-refractivity contribution in [2.75, 3.05) is 20.2 Å². The van der Waals surface area contributed by atoms with E-state index >= 15 is 0 Å². The minimum Gasteiger partial charge on any atom is -0.373 e. The molecule has 3 fully saturated rings. The number of pyridine rings is 1. The number of piperidine rings is 1. The Labute approximate surface area is 149 Å². The first-order valence-electron chi connectivity index (χ1n) is 9.61. The molecule has 1 amide bonds. The summed E-state index contributed by atoms with van der Waals surface area (Å²) in [6, 6.07) is 4.62. The molecule has 136 valence electrons. The van der Waals surface area contributed by atoms with E-state index in [1.54, 1.807) is 6.20 Å². The van der Waals surface area contributed by atoms with Crippen molar-refractivity contribution >= 4 is 5.91 Å². The van der Waals surface area contributed by atoms with Gasteiger partial charge in [0.15, 0.2) is 0 Å². The molecule has 5 atom stereocenters. The molecule has 2 bridgehead atoms. The molecule has 2 saturated carbocycles. The molecule has 5 nitrogen and oxygen atoms in total. The van der Waals surface area contributed by atoms with Gasteiger partial charge in [0.2, 0.25) is 0 Å². The van der Waals surface area contributed by atoms with Crippen molar-refractivity contribution < 1.29 is 9.53 Å². The fourth-order valence-electron chi connectivity index (χ4n) is 5.66. The number of likely N-dealkylation sites (tertiary alicyclic amines) is 1. The minimum absolute atomic E-state index is 0.311. The van der Waals surface area contributed by atoms with Crippen molar-refractivity contribution in [3.05, 3.63) is 29.6 Å². The maximum Gasteiger partial charge on any atom is 0.267 e. The normalized spacial score (nSPS) is 38.2. The first-order valence-corrected chi connectivity index (χ1v) is 9.61. The molecule has 25 heavy (non-hydrogen) atoms. The molecule has 1 aromatic rings. The monoisotopic (exact) mass is 343 g/mol. The lowest BCUT2D eigenvalue weighted by atomic mass is 9.61. The summed E-state index contributed by atoms with van der Waals surface area (Å²) in [5.74, 6) is 1.26. The molecule has 0 unspecified atom stereocenters. The van der Waals surface area contributed by atoms with Crippen LogP contribution in [-0.2, 0) is 10.3 Å². The van der Waals surface area contributed by atoms with Gasteiger partial charge in [-0.2, -0.15) is 0 Å². The predicted molar refractivity (Wildman–Crippen MR) is 96.0 cm³/mol. The van der Waals surface area contributed by atoms with Crippen molar-refractivity contribution in [1.82, 2.24) is 9.88 Å². The maximum atomic E-state index is 11.6. The smallest absolute Gasteiger partial charge is 0.267 e. The van der Waals surface area contributed by atoms with Gasteiger partial charge in [-0.15, -0.1) is 0 Å². The number of methoxy groups -OCH3 is 1. The number of fused-ring (bicyclic) bond motifs is 2. The Hall–Kier alpha value is -1.46. The highest BCUT2D eigenvalue weighted by Crippen LogP contribution is 2.52. The highest BCUT2D eigenvalue weighted by molar-refractivity contribution is 5.90. The fraction of sp³-hybridized carbons (Fsp3) is 0.700. The first-order chi connectivity index (χ1) is 12.1. The van der Waals surface area contributed by atoms with Gasteiger partial charge in [0, 0.05) is 44.3 Å². The number of nitrogens with zero attached hydrogens (tertiary/aromatic N) is 2. The third kappa shape index (κ3) is 2.59. The van der Waals surface area contributed by atoms with E-state index in [9.17, 15) is 4.79 Å². The molecule has 1 aliphatic heterocycles. The summed E-state index contributed by atoms with van der Waals surface area (Å²) in [6.45, 7) is 4.56. The number of primary amides is 1. The summed E-state index contributed by atoms with van der Waals surface area (Å²) in [4.78, 5) is 18.5. The number of carbonyl (C=O) groups excluding carboxylic acids is 1.